The van der Waals surface area contributed by atoms with E-state index in [0.29, 0.717) is 11.5 Å². The van der Waals surface area contributed by atoms with Crippen LogP contribution >= 0.6 is 0 Å². The van der Waals surface area contributed by atoms with Crippen LogP contribution in [0.2, 0.25) is 0 Å². The molecular formula is C24H29FN6O2. The summed E-state index contributed by atoms with van der Waals surface area (Å²) in [5.41, 5.74) is 1.19. The Morgan fingerprint density at radius 2 is 1.91 bits per heavy atom. The number of hydrogen-bond donors (Lipinski definition) is 1. The molecule has 4 heterocycles. The van der Waals surface area contributed by atoms with Crippen molar-refractivity contribution in [1.29, 1.82) is 0 Å². The van der Waals surface area contributed by atoms with Crippen LogP contribution in [0.4, 0.5) is 10.2 Å². The van der Waals surface area contributed by atoms with Crippen LogP contribution in [0.15, 0.2) is 41.3 Å². The summed E-state index contributed by atoms with van der Waals surface area (Å²) in [4.78, 5) is 24.9. The van der Waals surface area contributed by atoms with Gasteiger partial charge in [0.25, 0.3) is 5.91 Å². The van der Waals surface area contributed by atoms with Gasteiger partial charge in [0, 0.05) is 56.9 Å². The van der Waals surface area contributed by atoms with Crippen LogP contribution < -0.4 is 10.2 Å². The van der Waals surface area contributed by atoms with Crippen molar-refractivity contribution in [3.63, 3.8) is 0 Å². The van der Waals surface area contributed by atoms with E-state index in [1.807, 2.05) is 12.3 Å². The Bertz CT molecular complexity index is 1070. The zero-order valence-electron chi connectivity index (χ0n) is 18.6. The molecule has 5 rings (SSSR count). The minimum Gasteiger partial charge on any atom is -0.354 e. The number of carbonyl (C=O) groups is 1. The predicted octanol–water partition coefficient (Wildman–Crippen LogP) is 3.26. The van der Waals surface area contributed by atoms with Crippen molar-refractivity contribution in [2.24, 2.45) is 5.92 Å². The van der Waals surface area contributed by atoms with Crippen LogP contribution in [0.3, 0.4) is 0 Å². The van der Waals surface area contributed by atoms with Crippen LogP contribution in [0.25, 0.3) is 11.0 Å². The van der Waals surface area contributed by atoms with E-state index >= 15 is 0 Å². The molecule has 9 heteroatoms. The van der Waals surface area contributed by atoms with E-state index in [9.17, 15) is 9.18 Å². The molecule has 1 saturated heterocycles. The number of piperazine rings is 1. The molecule has 1 amide bonds. The van der Waals surface area contributed by atoms with E-state index in [-0.39, 0.29) is 11.9 Å². The molecule has 33 heavy (non-hydrogen) atoms. The fourth-order valence-corrected chi connectivity index (χ4v) is 4.92. The van der Waals surface area contributed by atoms with Gasteiger partial charge in [0.1, 0.15) is 0 Å². The molecule has 3 aromatic rings. The summed E-state index contributed by atoms with van der Waals surface area (Å²) in [6.45, 7) is 5.02. The summed E-state index contributed by atoms with van der Waals surface area (Å²) in [6.07, 6.45) is 10.3. The lowest BCUT2D eigenvalue weighted by molar-refractivity contribution is 0.0919. The van der Waals surface area contributed by atoms with Gasteiger partial charge in [-0.1, -0.05) is 5.16 Å². The SMILES string of the molecule is O=C(NC1CCC(CCN2CCN(c3noc4ccncc34)CC2)CC1)c1ccc(F)nc1. The fraction of sp³-hybridized carbons (Fsp3) is 0.500. The first-order chi connectivity index (χ1) is 16.2. The molecule has 1 aliphatic heterocycles. The van der Waals surface area contributed by atoms with Crippen molar-refractivity contribution in [2.45, 2.75) is 38.1 Å². The molecule has 174 valence electrons. The van der Waals surface area contributed by atoms with Gasteiger partial charge in [-0.25, -0.2) is 4.98 Å². The number of anilines is 1. The number of carbonyl (C=O) groups excluding carboxylic acids is 1. The number of aromatic nitrogens is 3. The van der Waals surface area contributed by atoms with E-state index in [2.05, 4.69) is 30.2 Å². The number of hydrogen-bond acceptors (Lipinski definition) is 7. The molecule has 3 aromatic heterocycles. The average Bonchev–Trinajstić information content (AvgIpc) is 3.28. The maximum atomic E-state index is 12.9. The van der Waals surface area contributed by atoms with E-state index in [0.717, 1.165) is 75.2 Å². The maximum absolute atomic E-state index is 12.9. The molecule has 0 radical (unpaired) electrons. The third kappa shape index (κ3) is 5.13. The van der Waals surface area contributed by atoms with Crippen LogP contribution in [0.1, 0.15) is 42.5 Å². The summed E-state index contributed by atoms with van der Waals surface area (Å²) in [5, 5.41) is 8.31. The molecule has 0 unspecified atom stereocenters. The molecule has 0 aromatic carbocycles. The first-order valence-electron chi connectivity index (χ1n) is 11.7. The maximum Gasteiger partial charge on any atom is 0.253 e. The Morgan fingerprint density at radius 3 is 2.67 bits per heavy atom. The van der Waals surface area contributed by atoms with Crippen molar-refractivity contribution < 1.29 is 13.7 Å². The third-order valence-electron chi connectivity index (χ3n) is 6.95. The van der Waals surface area contributed by atoms with Gasteiger partial charge in [-0.15, -0.1) is 0 Å². The van der Waals surface area contributed by atoms with Crippen LogP contribution in [-0.2, 0) is 0 Å². The van der Waals surface area contributed by atoms with Gasteiger partial charge in [0.15, 0.2) is 11.4 Å². The van der Waals surface area contributed by atoms with Gasteiger partial charge in [-0.2, -0.15) is 4.39 Å². The Kier molecular flexibility index (Phi) is 6.48. The molecule has 8 nitrogen and oxygen atoms in total. The van der Waals surface area contributed by atoms with Crippen molar-refractivity contribution in [3.05, 3.63) is 48.3 Å². The standard InChI is InChI=1S/C24H29FN6O2/c25-22-6-3-18(15-27-22)24(32)28-19-4-1-17(2-5-19)8-10-30-11-13-31(14-12-30)23-20-16-26-9-7-21(20)33-29-23/h3,6-7,9,15-17,19H,1-2,4-5,8,10-14H2,(H,28,32). The number of halogens is 1. The van der Waals surface area contributed by atoms with Crippen molar-refractivity contribution in [3.8, 4) is 0 Å². The minimum atomic E-state index is -0.572. The Morgan fingerprint density at radius 1 is 1.09 bits per heavy atom. The van der Waals surface area contributed by atoms with Crippen molar-refractivity contribution in [2.75, 3.05) is 37.6 Å². The van der Waals surface area contributed by atoms with Gasteiger partial charge in [-0.3, -0.25) is 14.7 Å². The monoisotopic (exact) mass is 452 g/mol. The largest absolute Gasteiger partial charge is 0.354 e. The highest BCUT2D eigenvalue weighted by Gasteiger charge is 2.25. The van der Waals surface area contributed by atoms with Gasteiger partial charge >= 0.3 is 0 Å². The Hall–Kier alpha value is -3.07. The molecule has 0 spiro atoms. The molecule has 0 bridgehead atoms. The highest BCUT2D eigenvalue weighted by molar-refractivity contribution is 5.94. The zero-order valence-corrected chi connectivity index (χ0v) is 18.6. The highest BCUT2D eigenvalue weighted by atomic mass is 19.1. The predicted molar refractivity (Wildman–Crippen MR) is 122 cm³/mol. The van der Waals surface area contributed by atoms with E-state index < -0.39 is 5.95 Å². The zero-order chi connectivity index (χ0) is 22.6. The first-order valence-corrected chi connectivity index (χ1v) is 11.7. The first kappa shape index (κ1) is 21.8. The molecule has 2 aliphatic rings. The Labute approximate surface area is 192 Å². The number of fused-ring (bicyclic) bond motifs is 1. The third-order valence-corrected chi connectivity index (χ3v) is 6.95. The number of rotatable bonds is 6. The van der Waals surface area contributed by atoms with Crippen LogP contribution in [-0.4, -0.2) is 64.7 Å². The Balaban J connectivity index is 1.02. The smallest absolute Gasteiger partial charge is 0.253 e. The lowest BCUT2D eigenvalue weighted by atomic mass is 9.84. The molecule has 2 fully saturated rings. The van der Waals surface area contributed by atoms with Crippen molar-refractivity contribution in [1.82, 2.24) is 25.3 Å². The summed E-state index contributed by atoms with van der Waals surface area (Å²) in [5.74, 6) is 0.862. The molecule has 0 atom stereocenters. The van der Waals surface area contributed by atoms with E-state index in [1.54, 1.807) is 6.20 Å². The van der Waals surface area contributed by atoms with E-state index in [4.69, 9.17) is 4.52 Å². The normalized spacial score (nSPS) is 21.9. The second kappa shape index (κ2) is 9.82. The second-order valence-corrected chi connectivity index (χ2v) is 9.06. The van der Waals surface area contributed by atoms with Crippen LogP contribution in [0.5, 0.6) is 0 Å². The van der Waals surface area contributed by atoms with Gasteiger partial charge in [-0.05, 0) is 56.7 Å². The fourth-order valence-electron chi connectivity index (χ4n) is 4.92. The summed E-state index contributed by atoms with van der Waals surface area (Å²) >= 11 is 0. The summed E-state index contributed by atoms with van der Waals surface area (Å²) < 4.78 is 18.4. The number of amides is 1. The summed E-state index contributed by atoms with van der Waals surface area (Å²) in [6, 6.07) is 4.73. The number of nitrogens with zero attached hydrogens (tertiary/aromatic N) is 5. The number of nitrogens with one attached hydrogen (secondary N) is 1. The minimum absolute atomic E-state index is 0.167. The van der Waals surface area contributed by atoms with Gasteiger partial charge < -0.3 is 14.7 Å². The quantitative estimate of drug-likeness (QED) is 0.575. The molecular weight excluding hydrogens is 423 g/mol. The average molecular weight is 453 g/mol. The highest BCUT2D eigenvalue weighted by Crippen LogP contribution is 2.28. The van der Waals surface area contributed by atoms with Crippen LogP contribution in [0, 0.1) is 11.9 Å². The summed E-state index contributed by atoms with van der Waals surface area (Å²) in [7, 11) is 0. The molecule has 1 N–H and O–H groups in total. The van der Waals surface area contributed by atoms with E-state index in [1.165, 1.54) is 24.8 Å². The topological polar surface area (TPSA) is 87.4 Å². The van der Waals surface area contributed by atoms with Crippen molar-refractivity contribution >= 4 is 22.7 Å². The van der Waals surface area contributed by atoms with Gasteiger partial charge in [0.2, 0.25) is 5.95 Å². The second-order valence-electron chi connectivity index (χ2n) is 9.06. The lowest BCUT2D eigenvalue weighted by Crippen LogP contribution is -2.47. The lowest BCUT2D eigenvalue weighted by Gasteiger charge is -2.36. The van der Waals surface area contributed by atoms with Gasteiger partial charge in [0.05, 0.1) is 10.9 Å². The molecule has 1 aliphatic carbocycles. The molecule has 1 saturated carbocycles. The number of pyridine rings is 2.